The van der Waals surface area contributed by atoms with E-state index in [0.717, 1.165) is 42.1 Å². The molecule has 1 aliphatic heterocycles. The maximum absolute atomic E-state index is 12.2. The van der Waals surface area contributed by atoms with Gasteiger partial charge in [0.1, 0.15) is 5.75 Å². The van der Waals surface area contributed by atoms with Crippen LogP contribution in [0.5, 0.6) is 5.75 Å². The quantitative estimate of drug-likeness (QED) is 0.784. The van der Waals surface area contributed by atoms with Crippen LogP contribution in [-0.4, -0.2) is 29.3 Å². The Morgan fingerprint density at radius 1 is 1.36 bits per heavy atom. The third-order valence-electron chi connectivity index (χ3n) is 3.66. The number of fused-ring (bicyclic) bond motifs is 1. The Morgan fingerprint density at radius 2 is 2.18 bits per heavy atom. The van der Waals surface area contributed by atoms with Crippen LogP contribution in [0.2, 0.25) is 0 Å². The van der Waals surface area contributed by atoms with E-state index in [2.05, 4.69) is 20.8 Å². The summed E-state index contributed by atoms with van der Waals surface area (Å²) in [6.45, 7) is 4.27. The van der Waals surface area contributed by atoms with Gasteiger partial charge in [-0.25, -0.2) is 0 Å². The second-order valence-electron chi connectivity index (χ2n) is 5.26. The number of ether oxygens (including phenoxy) is 1. The van der Waals surface area contributed by atoms with Crippen LogP contribution in [0, 0.1) is 0 Å². The number of hydrogen-bond acceptors (Lipinski definition) is 4. The summed E-state index contributed by atoms with van der Waals surface area (Å²) in [6, 6.07) is 7.59. The molecule has 22 heavy (non-hydrogen) atoms. The van der Waals surface area contributed by atoms with E-state index in [1.54, 1.807) is 0 Å². The Labute approximate surface area is 129 Å². The summed E-state index contributed by atoms with van der Waals surface area (Å²) in [5.74, 6) is 1.42. The van der Waals surface area contributed by atoms with Gasteiger partial charge in [0.15, 0.2) is 5.82 Å². The highest BCUT2D eigenvalue weighted by Crippen LogP contribution is 2.20. The molecule has 0 bridgehead atoms. The first-order valence-corrected chi connectivity index (χ1v) is 7.54. The lowest BCUT2D eigenvalue weighted by Crippen LogP contribution is -2.24. The topological polar surface area (TPSA) is 79.0 Å². The standard InChI is InChI=1S/C16H20N4O2/c1-2-22-12-5-3-11(4-6-12)9-15(21)18-16-13-7-8-17-10-14(13)19-20-16/h3-6,17H,2,7-10H2,1H3,(H2,18,19,20,21). The van der Waals surface area contributed by atoms with Gasteiger partial charge in [-0.3, -0.25) is 9.89 Å². The molecule has 0 fully saturated rings. The van der Waals surface area contributed by atoms with Gasteiger partial charge < -0.3 is 15.4 Å². The molecule has 0 saturated carbocycles. The number of aromatic nitrogens is 2. The number of carbonyl (C=O) groups excluding carboxylic acids is 1. The van der Waals surface area contributed by atoms with Gasteiger partial charge in [0, 0.05) is 12.1 Å². The van der Waals surface area contributed by atoms with Crippen LogP contribution in [0.4, 0.5) is 5.82 Å². The van der Waals surface area contributed by atoms with Crippen molar-refractivity contribution in [2.75, 3.05) is 18.5 Å². The minimum Gasteiger partial charge on any atom is -0.494 e. The molecule has 0 radical (unpaired) electrons. The fourth-order valence-corrected chi connectivity index (χ4v) is 2.58. The van der Waals surface area contributed by atoms with E-state index < -0.39 is 0 Å². The van der Waals surface area contributed by atoms with Crippen LogP contribution >= 0.6 is 0 Å². The van der Waals surface area contributed by atoms with E-state index in [1.807, 2.05) is 31.2 Å². The molecule has 1 aromatic heterocycles. The molecule has 1 aromatic carbocycles. The molecule has 6 nitrogen and oxygen atoms in total. The molecule has 3 rings (SSSR count). The van der Waals surface area contributed by atoms with E-state index in [0.29, 0.717) is 18.8 Å². The summed E-state index contributed by atoms with van der Waals surface area (Å²) in [6.07, 6.45) is 1.21. The third-order valence-corrected chi connectivity index (χ3v) is 3.66. The third kappa shape index (κ3) is 3.28. The molecule has 6 heteroatoms. The normalized spacial score (nSPS) is 13.5. The lowest BCUT2D eigenvalue weighted by Gasteiger charge is -2.13. The van der Waals surface area contributed by atoms with E-state index in [9.17, 15) is 4.79 Å². The molecule has 0 saturated heterocycles. The van der Waals surface area contributed by atoms with Crippen molar-refractivity contribution >= 4 is 11.7 Å². The largest absolute Gasteiger partial charge is 0.494 e. The predicted molar refractivity (Wildman–Crippen MR) is 83.9 cm³/mol. The average Bonchev–Trinajstić information content (AvgIpc) is 2.93. The van der Waals surface area contributed by atoms with Crippen molar-refractivity contribution in [2.45, 2.75) is 26.3 Å². The first-order valence-electron chi connectivity index (χ1n) is 7.54. The highest BCUT2D eigenvalue weighted by molar-refractivity contribution is 5.92. The highest BCUT2D eigenvalue weighted by Gasteiger charge is 2.18. The Bertz CT molecular complexity index is 649. The van der Waals surface area contributed by atoms with Crippen molar-refractivity contribution in [1.29, 1.82) is 0 Å². The van der Waals surface area contributed by atoms with Crippen molar-refractivity contribution in [3.05, 3.63) is 41.1 Å². The first-order chi connectivity index (χ1) is 10.8. The van der Waals surface area contributed by atoms with Crippen LogP contribution in [0.25, 0.3) is 0 Å². The molecule has 0 aliphatic carbocycles. The summed E-state index contributed by atoms with van der Waals surface area (Å²) in [5, 5.41) is 13.3. The van der Waals surface area contributed by atoms with Gasteiger partial charge in [-0.05, 0) is 37.6 Å². The predicted octanol–water partition coefficient (Wildman–Crippen LogP) is 1.64. The van der Waals surface area contributed by atoms with Gasteiger partial charge in [-0.2, -0.15) is 5.10 Å². The van der Waals surface area contributed by atoms with Gasteiger partial charge in [-0.1, -0.05) is 12.1 Å². The molecule has 116 valence electrons. The SMILES string of the molecule is CCOc1ccc(CC(=O)Nc2n[nH]c3c2CCNC3)cc1. The number of amides is 1. The Morgan fingerprint density at radius 3 is 2.95 bits per heavy atom. The number of anilines is 1. The number of aromatic amines is 1. The lowest BCUT2D eigenvalue weighted by molar-refractivity contribution is -0.115. The molecule has 3 N–H and O–H groups in total. The summed E-state index contributed by atoms with van der Waals surface area (Å²) in [7, 11) is 0. The zero-order chi connectivity index (χ0) is 15.4. The van der Waals surface area contributed by atoms with Crippen molar-refractivity contribution in [3.8, 4) is 5.75 Å². The van der Waals surface area contributed by atoms with Crippen molar-refractivity contribution in [1.82, 2.24) is 15.5 Å². The smallest absolute Gasteiger partial charge is 0.230 e. The number of H-pyrrole nitrogens is 1. The van der Waals surface area contributed by atoms with E-state index >= 15 is 0 Å². The number of hydrogen-bond donors (Lipinski definition) is 3. The minimum absolute atomic E-state index is 0.0583. The Balaban J connectivity index is 1.61. The van der Waals surface area contributed by atoms with Gasteiger partial charge in [0.2, 0.25) is 5.91 Å². The Kier molecular flexibility index (Phi) is 4.39. The van der Waals surface area contributed by atoms with Gasteiger partial charge in [0.25, 0.3) is 0 Å². The summed E-state index contributed by atoms with van der Waals surface area (Å²) >= 11 is 0. The zero-order valence-electron chi connectivity index (χ0n) is 12.6. The fourth-order valence-electron chi connectivity index (χ4n) is 2.58. The van der Waals surface area contributed by atoms with Crippen LogP contribution in [-0.2, 0) is 24.2 Å². The summed E-state index contributed by atoms with van der Waals surface area (Å²) in [4.78, 5) is 12.2. The summed E-state index contributed by atoms with van der Waals surface area (Å²) < 4.78 is 5.39. The second-order valence-corrected chi connectivity index (χ2v) is 5.26. The molecule has 1 aliphatic rings. The van der Waals surface area contributed by atoms with Crippen LogP contribution in [0.1, 0.15) is 23.7 Å². The number of nitrogens with zero attached hydrogens (tertiary/aromatic N) is 1. The van der Waals surface area contributed by atoms with Crippen LogP contribution in [0.3, 0.4) is 0 Å². The van der Waals surface area contributed by atoms with Gasteiger partial charge in [-0.15, -0.1) is 0 Å². The van der Waals surface area contributed by atoms with E-state index in [1.165, 1.54) is 0 Å². The molecule has 2 aromatic rings. The van der Waals surface area contributed by atoms with Gasteiger partial charge >= 0.3 is 0 Å². The van der Waals surface area contributed by atoms with Crippen LogP contribution < -0.4 is 15.4 Å². The molecular formula is C16H20N4O2. The molecule has 2 heterocycles. The first kappa shape index (κ1) is 14.6. The van der Waals surface area contributed by atoms with E-state index in [4.69, 9.17) is 4.74 Å². The molecule has 0 atom stereocenters. The van der Waals surface area contributed by atoms with Crippen LogP contribution in [0.15, 0.2) is 24.3 Å². The minimum atomic E-state index is -0.0583. The van der Waals surface area contributed by atoms with Crippen molar-refractivity contribution in [2.24, 2.45) is 0 Å². The number of nitrogens with one attached hydrogen (secondary N) is 3. The number of rotatable bonds is 5. The number of benzene rings is 1. The van der Waals surface area contributed by atoms with Crippen molar-refractivity contribution in [3.63, 3.8) is 0 Å². The van der Waals surface area contributed by atoms with Gasteiger partial charge in [0.05, 0.1) is 18.7 Å². The monoisotopic (exact) mass is 300 g/mol. The maximum atomic E-state index is 12.2. The molecule has 1 amide bonds. The lowest BCUT2D eigenvalue weighted by atomic mass is 10.1. The molecule has 0 spiro atoms. The molecule has 0 unspecified atom stereocenters. The average molecular weight is 300 g/mol. The highest BCUT2D eigenvalue weighted by atomic mass is 16.5. The second kappa shape index (κ2) is 6.62. The fraction of sp³-hybridized carbons (Fsp3) is 0.375. The zero-order valence-corrected chi connectivity index (χ0v) is 12.6. The molecular weight excluding hydrogens is 280 g/mol. The Hall–Kier alpha value is -2.34. The van der Waals surface area contributed by atoms with Crippen molar-refractivity contribution < 1.29 is 9.53 Å². The number of carbonyl (C=O) groups is 1. The maximum Gasteiger partial charge on any atom is 0.230 e. The summed E-state index contributed by atoms with van der Waals surface area (Å²) in [5.41, 5.74) is 3.12. The van der Waals surface area contributed by atoms with E-state index in [-0.39, 0.29) is 5.91 Å².